The first-order valence-electron chi connectivity index (χ1n) is 8.65. The van der Waals surface area contributed by atoms with E-state index < -0.39 is 0 Å². The molecule has 2 aromatic heterocycles. The highest BCUT2D eigenvalue weighted by Crippen LogP contribution is 2.31. The van der Waals surface area contributed by atoms with Crippen molar-refractivity contribution in [2.24, 2.45) is 0 Å². The Hall–Kier alpha value is -1.92. The van der Waals surface area contributed by atoms with Crippen molar-refractivity contribution < 1.29 is 9.15 Å². The quantitative estimate of drug-likeness (QED) is 0.861. The molecule has 6 nitrogen and oxygen atoms in total. The number of aromatic nitrogens is 2. The zero-order chi connectivity index (χ0) is 16.4. The Kier molecular flexibility index (Phi) is 4.24. The van der Waals surface area contributed by atoms with Gasteiger partial charge in [0, 0.05) is 38.6 Å². The second-order valence-electron chi connectivity index (χ2n) is 6.84. The van der Waals surface area contributed by atoms with Crippen molar-refractivity contribution in [3.8, 4) is 0 Å². The lowest BCUT2D eigenvalue weighted by molar-refractivity contribution is -0.117. The zero-order valence-electron chi connectivity index (χ0n) is 14.1. The number of furan rings is 1. The minimum atomic E-state index is -0.115. The van der Waals surface area contributed by atoms with E-state index in [1.165, 1.54) is 0 Å². The van der Waals surface area contributed by atoms with Gasteiger partial charge in [-0.2, -0.15) is 0 Å². The summed E-state index contributed by atoms with van der Waals surface area (Å²) >= 11 is 0. The maximum atomic E-state index is 6.27. The largest absolute Gasteiger partial charge is 0.465 e. The second kappa shape index (κ2) is 6.53. The lowest BCUT2D eigenvalue weighted by Crippen LogP contribution is -2.59. The summed E-state index contributed by atoms with van der Waals surface area (Å²) in [4.78, 5) is 13.4. The summed E-state index contributed by atoms with van der Waals surface area (Å²) in [6.07, 6.45) is 7.52. The average molecular weight is 328 g/mol. The molecule has 0 aliphatic carbocycles. The molecule has 0 bridgehead atoms. The average Bonchev–Trinajstić information content (AvgIpc) is 3.01. The standard InChI is InChI=1S/C18H24N4O2/c1-15-3-4-16(24-15)12-21-9-10-23-18(13-21)5-2-8-22(14-18)17-11-19-6-7-20-17/h3-4,6-7,11H,2,5,8-10,12-14H2,1H3/t18-/m0/s1. The van der Waals surface area contributed by atoms with E-state index in [-0.39, 0.29) is 5.60 Å². The highest BCUT2D eigenvalue weighted by Gasteiger charge is 2.41. The minimum absolute atomic E-state index is 0.115. The van der Waals surface area contributed by atoms with E-state index in [1.807, 2.05) is 19.2 Å². The predicted octanol–water partition coefficient (Wildman–Crippen LogP) is 2.25. The summed E-state index contributed by atoms with van der Waals surface area (Å²) in [5, 5.41) is 0. The first-order valence-corrected chi connectivity index (χ1v) is 8.65. The lowest BCUT2D eigenvalue weighted by atomic mass is 9.90. The third kappa shape index (κ3) is 3.30. The Morgan fingerprint density at radius 3 is 2.96 bits per heavy atom. The number of anilines is 1. The van der Waals surface area contributed by atoms with Gasteiger partial charge in [-0.05, 0) is 31.9 Å². The molecule has 6 heteroatoms. The molecule has 1 spiro atoms. The zero-order valence-corrected chi connectivity index (χ0v) is 14.1. The number of aryl methyl sites for hydroxylation is 1. The smallest absolute Gasteiger partial charge is 0.147 e. The Morgan fingerprint density at radius 1 is 1.21 bits per heavy atom. The van der Waals surface area contributed by atoms with Crippen molar-refractivity contribution in [1.82, 2.24) is 14.9 Å². The van der Waals surface area contributed by atoms with Gasteiger partial charge in [-0.1, -0.05) is 0 Å². The fourth-order valence-electron chi connectivity index (χ4n) is 3.84. The van der Waals surface area contributed by atoms with Crippen LogP contribution in [-0.4, -0.2) is 53.3 Å². The highest BCUT2D eigenvalue weighted by molar-refractivity contribution is 5.36. The van der Waals surface area contributed by atoms with Gasteiger partial charge in [0.2, 0.25) is 0 Å². The molecular formula is C18H24N4O2. The van der Waals surface area contributed by atoms with Gasteiger partial charge >= 0.3 is 0 Å². The van der Waals surface area contributed by atoms with Crippen LogP contribution in [0.2, 0.25) is 0 Å². The molecule has 0 radical (unpaired) electrons. The molecule has 0 aromatic carbocycles. The van der Waals surface area contributed by atoms with E-state index in [0.717, 1.165) is 69.5 Å². The summed E-state index contributed by atoms with van der Waals surface area (Å²) in [7, 11) is 0. The number of hydrogen-bond acceptors (Lipinski definition) is 6. The first kappa shape index (κ1) is 15.6. The van der Waals surface area contributed by atoms with Crippen molar-refractivity contribution in [1.29, 1.82) is 0 Å². The summed E-state index contributed by atoms with van der Waals surface area (Å²) in [5.74, 6) is 2.95. The van der Waals surface area contributed by atoms with Gasteiger partial charge in [-0.3, -0.25) is 9.88 Å². The molecule has 128 valence electrons. The van der Waals surface area contributed by atoms with E-state index in [4.69, 9.17) is 9.15 Å². The number of nitrogens with zero attached hydrogens (tertiary/aromatic N) is 4. The van der Waals surface area contributed by atoms with Crippen LogP contribution in [0.5, 0.6) is 0 Å². The number of morpholine rings is 1. The molecule has 4 rings (SSSR count). The molecule has 24 heavy (non-hydrogen) atoms. The first-order chi connectivity index (χ1) is 11.7. The molecule has 1 atom stereocenters. The van der Waals surface area contributed by atoms with Crippen LogP contribution in [0.1, 0.15) is 24.4 Å². The molecule has 0 unspecified atom stereocenters. The lowest BCUT2D eigenvalue weighted by Gasteiger charge is -2.48. The molecule has 2 saturated heterocycles. The normalized spacial score (nSPS) is 25.3. The molecule has 0 amide bonds. The maximum Gasteiger partial charge on any atom is 0.147 e. The Balaban J connectivity index is 1.45. The predicted molar refractivity (Wildman–Crippen MR) is 90.9 cm³/mol. The number of ether oxygens (including phenoxy) is 1. The van der Waals surface area contributed by atoms with Crippen LogP contribution in [0.3, 0.4) is 0 Å². The van der Waals surface area contributed by atoms with Crippen molar-refractivity contribution >= 4 is 5.82 Å². The molecular weight excluding hydrogens is 304 g/mol. The summed E-state index contributed by atoms with van der Waals surface area (Å²) < 4.78 is 12.0. The molecule has 0 saturated carbocycles. The van der Waals surface area contributed by atoms with Gasteiger partial charge in [-0.15, -0.1) is 0 Å². The molecule has 2 fully saturated rings. The van der Waals surface area contributed by atoms with Crippen molar-refractivity contribution in [2.45, 2.75) is 31.9 Å². The third-order valence-electron chi connectivity index (χ3n) is 4.92. The van der Waals surface area contributed by atoms with E-state index in [0.29, 0.717) is 0 Å². The van der Waals surface area contributed by atoms with Crippen LogP contribution >= 0.6 is 0 Å². The topological polar surface area (TPSA) is 54.6 Å². The molecule has 4 heterocycles. The summed E-state index contributed by atoms with van der Waals surface area (Å²) in [5.41, 5.74) is -0.115. The second-order valence-corrected chi connectivity index (χ2v) is 6.84. The summed E-state index contributed by atoms with van der Waals surface area (Å²) in [6.45, 7) is 7.39. The number of rotatable bonds is 3. The van der Waals surface area contributed by atoms with Crippen LogP contribution in [0.4, 0.5) is 5.82 Å². The van der Waals surface area contributed by atoms with Crippen molar-refractivity contribution in [3.05, 3.63) is 42.2 Å². The molecule has 2 aliphatic heterocycles. The van der Waals surface area contributed by atoms with Crippen LogP contribution in [0, 0.1) is 6.92 Å². The van der Waals surface area contributed by atoms with Crippen molar-refractivity contribution in [3.63, 3.8) is 0 Å². The van der Waals surface area contributed by atoms with Gasteiger partial charge in [0.05, 0.1) is 24.9 Å². The fraction of sp³-hybridized carbons (Fsp3) is 0.556. The van der Waals surface area contributed by atoms with E-state index in [9.17, 15) is 0 Å². The number of piperidine rings is 1. The van der Waals surface area contributed by atoms with Crippen LogP contribution < -0.4 is 4.90 Å². The Morgan fingerprint density at radius 2 is 2.17 bits per heavy atom. The van der Waals surface area contributed by atoms with Gasteiger partial charge in [0.25, 0.3) is 0 Å². The molecule has 2 aliphatic rings. The molecule has 0 N–H and O–H groups in total. The van der Waals surface area contributed by atoms with Crippen LogP contribution in [0.15, 0.2) is 35.1 Å². The van der Waals surface area contributed by atoms with Gasteiger partial charge in [0.15, 0.2) is 0 Å². The maximum absolute atomic E-state index is 6.27. The molecule has 2 aromatic rings. The van der Waals surface area contributed by atoms with E-state index in [2.05, 4.69) is 25.8 Å². The van der Waals surface area contributed by atoms with Gasteiger partial charge in [-0.25, -0.2) is 4.98 Å². The van der Waals surface area contributed by atoms with Gasteiger partial charge < -0.3 is 14.1 Å². The monoisotopic (exact) mass is 328 g/mol. The van der Waals surface area contributed by atoms with E-state index >= 15 is 0 Å². The third-order valence-corrected chi connectivity index (χ3v) is 4.92. The van der Waals surface area contributed by atoms with Crippen molar-refractivity contribution in [2.75, 3.05) is 37.7 Å². The Bertz CT molecular complexity index is 671. The Labute approximate surface area is 142 Å². The van der Waals surface area contributed by atoms with Gasteiger partial charge in [0.1, 0.15) is 17.3 Å². The number of hydrogen-bond donors (Lipinski definition) is 0. The van der Waals surface area contributed by atoms with E-state index in [1.54, 1.807) is 12.4 Å². The fourth-order valence-corrected chi connectivity index (χ4v) is 3.84. The SMILES string of the molecule is Cc1ccc(CN2CCO[C@@]3(CCCN(c4cnccn4)C3)C2)o1. The highest BCUT2D eigenvalue weighted by atomic mass is 16.5. The van der Waals surface area contributed by atoms with Crippen LogP contribution in [-0.2, 0) is 11.3 Å². The van der Waals surface area contributed by atoms with Crippen LogP contribution in [0.25, 0.3) is 0 Å². The minimum Gasteiger partial charge on any atom is -0.465 e. The summed E-state index contributed by atoms with van der Waals surface area (Å²) in [6, 6.07) is 4.10.